The molecule has 3 amide bonds. The number of nitrogens with one attached hydrogen (secondary N) is 1. The Kier molecular flexibility index (Phi) is 3.16. The van der Waals surface area contributed by atoms with Gasteiger partial charge in [0.1, 0.15) is 0 Å². The second-order valence-electron chi connectivity index (χ2n) is 5.64. The number of hydrogen-bond acceptors (Lipinski definition) is 3. The fraction of sp³-hybridized carbons (Fsp3) is 0.769. The van der Waals surface area contributed by atoms with E-state index in [0.29, 0.717) is 32.1 Å². The summed E-state index contributed by atoms with van der Waals surface area (Å²) in [5, 5.41) is 2.76. The molecule has 0 aromatic heterocycles. The molecular weight excluding hydrogens is 246 g/mol. The Balaban J connectivity index is 1.63. The minimum absolute atomic E-state index is 0.0337. The topological polar surface area (TPSA) is 69.7 Å². The largest absolute Gasteiger partial charge is 0.354 e. The molecular formula is C13H19N3O3. The monoisotopic (exact) mass is 265 g/mol. The summed E-state index contributed by atoms with van der Waals surface area (Å²) >= 11 is 0. The lowest BCUT2D eigenvalue weighted by atomic mass is 10.1. The molecule has 0 spiro atoms. The van der Waals surface area contributed by atoms with Crippen LogP contribution in [0.4, 0.5) is 0 Å². The van der Waals surface area contributed by atoms with Crippen LogP contribution in [0.2, 0.25) is 0 Å². The maximum absolute atomic E-state index is 12.4. The van der Waals surface area contributed by atoms with E-state index in [4.69, 9.17) is 0 Å². The van der Waals surface area contributed by atoms with Gasteiger partial charge in [-0.05, 0) is 19.3 Å². The van der Waals surface area contributed by atoms with Crippen molar-refractivity contribution in [1.82, 2.24) is 15.1 Å². The zero-order valence-corrected chi connectivity index (χ0v) is 10.9. The average molecular weight is 265 g/mol. The maximum atomic E-state index is 12.4. The van der Waals surface area contributed by atoms with Crippen LogP contribution >= 0.6 is 0 Å². The van der Waals surface area contributed by atoms with E-state index in [1.165, 1.54) is 0 Å². The van der Waals surface area contributed by atoms with E-state index in [1.807, 2.05) is 4.90 Å². The van der Waals surface area contributed by atoms with Gasteiger partial charge in [0.25, 0.3) is 0 Å². The van der Waals surface area contributed by atoms with Crippen LogP contribution < -0.4 is 5.32 Å². The van der Waals surface area contributed by atoms with Gasteiger partial charge >= 0.3 is 0 Å². The Morgan fingerprint density at radius 3 is 2.79 bits per heavy atom. The first-order valence-corrected chi connectivity index (χ1v) is 7.00. The molecule has 0 bridgehead atoms. The Labute approximate surface area is 112 Å². The zero-order chi connectivity index (χ0) is 13.4. The maximum Gasteiger partial charge on any atom is 0.239 e. The van der Waals surface area contributed by atoms with Crippen LogP contribution in [0.15, 0.2) is 0 Å². The molecule has 6 nitrogen and oxygen atoms in total. The van der Waals surface area contributed by atoms with Crippen molar-refractivity contribution >= 4 is 17.7 Å². The molecule has 19 heavy (non-hydrogen) atoms. The van der Waals surface area contributed by atoms with Crippen molar-refractivity contribution < 1.29 is 14.4 Å². The first-order valence-electron chi connectivity index (χ1n) is 7.00. The van der Waals surface area contributed by atoms with E-state index in [1.54, 1.807) is 4.90 Å². The molecule has 6 heteroatoms. The Morgan fingerprint density at radius 2 is 2.05 bits per heavy atom. The van der Waals surface area contributed by atoms with Gasteiger partial charge in [0.05, 0.1) is 12.5 Å². The number of hydrogen-bond donors (Lipinski definition) is 1. The zero-order valence-electron chi connectivity index (χ0n) is 10.9. The molecule has 1 atom stereocenters. The predicted molar refractivity (Wildman–Crippen MR) is 67.0 cm³/mol. The highest BCUT2D eigenvalue weighted by Gasteiger charge is 2.43. The third kappa shape index (κ3) is 2.57. The van der Waals surface area contributed by atoms with Gasteiger partial charge in [0.15, 0.2) is 0 Å². The molecule has 1 unspecified atom stereocenters. The van der Waals surface area contributed by atoms with Gasteiger partial charge in [-0.2, -0.15) is 0 Å². The highest BCUT2D eigenvalue weighted by molar-refractivity contribution is 5.91. The summed E-state index contributed by atoms with van der Waals surface area (Å²) in [6, 6.07) is 0.373. The fourth-order valence-electron chi connectivity index (χ4n) is 2.89. The van der Waals surface area contributed by atoms with Crippen molar-refractivity contribution in [2.45, 2.75) is 31.7 Å². The molecule has 0 aromatic carbocycles. The van der Waals surface area contributed by atoms with Gasteiger partial charge in [-0.1, -0.05) is 0 Å². The first-order chi connectivity index (χ1) is 9.15. The van der Waals surface area contributed by atoms with E-state index in [9.17, 15) is 14.4 Å². The van der Waals surface area contributed by atoms with Crippen LogP contribution in [-0.4, -0.2) is 59.7 Å². The summed E-state index contributed by atoms with van der Waals surface area (Å²) in [6.45, 7) is 1.90. The third-order valence-electron chi connectivity index (χ3n) is 4.07. The summed E-state index contributed by atoms with van der Waals surface area (Å²) < 4.78 is 0. The summed E-state index contributed by atoms with van der Waals surface area (Å²) in [4.78, 5) is 39.2. The first kappa shape index (κ1) is 12.4. The highest BCUT2D eigenvalue weighted by atomic mass is 16.2. The third-order valence-corrected chi connectivity index (χ3v) is 4.07. The molecule has 3 rings (SSSR count). The molecule has 3 fully saturated rings. The standard InChI is InChI=1S/C13H19N3O3/c17-11-8-15(5-1-4-14-11)13(19)9-6-12(18)16(7-9)10-2-3-10/h9-10H,1-8H2,(H,14,17). The molecule has 2 aliphatic heterocycles. The predicted octanol–water partition coefficient (Wildman–Crippen LogP) is -0.654. The van der Waals surface area contributed by atoms with Crippen LogP contribution in [0.1, 0.15) is 25.7 Å². The molecule has 2 heterocycles. The van der Waals surface area contributed by atoms with E-state index in [-0.39, 0.29) is 30.2 Å². The lowest BCUT2D eigenvalue weighted by molar-refractivity contribution is -0.138. The van der Waals surface area contributed by atoms with Crippen molar-refractivity contribution in [2.24, 2.45) is 5.92 Å². The number of amides is 3. The van der Waals surface area contributed by atoms with Crippen molar-refractivity contribution in [2.75, 3.05) is 26.2 Å². The normalized spacial score (nSPS) is 28.3. The molecule has 1 aliphatic carbocycles. The average Bonchev–Trinajstić information content (AvgIpc) is 3.17. The van der Waals surface area contributed by atoms with Gasteiger partial charge < -0.3 is 15.1 Å². The quantitative estimate of drug-likeness (QED) is 0.721. The SMILES string of the molecule is O=C1CN(C(=O)C2CC(=O)N(C3CC3)C2)CCCN1. The van der Waals surface area contributed by atoms with Crippen LogP contribution in [0.3, 0.4) is 0 Å². The number of carbonyl (C=O) groups is 3. The Bertz CT molecular complexity index is 419. The summed E-state index contributed by atoms with van der Waals surface area (Å²) in [7, 11) is 0. The minimum atomic E-state index is -0.251. The number of nitrogens with zero attached hydrogens (tertiary/aromatic N) is 2. The van der Waals surface area contributed by atoms with Crippen LogP contribution in [0, 0.1) is 5.92 Å². The van der Waals surface area contributed by atoms with Crippen LogP contribution in [-0.2, 0) is 14.4 Å². The van der Waals surface area contributed by atoms with Gasteiger partial charge in [-0.3, -0.25) is 14.4 Å². The number of likely N-dealkylation sites (tertiary alicyclic amines) is 1. The summed E-state index contributed by atoms with van der Waals surface area (Å²) in [5.74, 6) is -0.290. The number of rotatable bonds is 2. The fourth-order valence-corrected chi connectivity index (χ4v) is 2.89. The van der Waals surface area contributed by atoms with Gasteiger partial charge in [-0.15, -0.1) is 0 Å². The van der Waals surface area contributed by atoms with E-state index < -0.39 is 0 Å². The molecule has 1 saturated carbocycles. The van der Waals surface area contributed by atoms with E-state index in [2.05, 4.69) is 5.32 Å². The molecule has 0 radical (unpaired) electrons. The van der Waals surface area contributed by atoms with Crippen molar-refractivity contribution in [3.8, 4) is 0 Å². The smallest absolute Gasteiger partial charge is 0.239 e. The van der Waals surface area contributed by atoms with Crippen LogP contribution in [0.5, 0.6) is 0 Å². The lowest BCUT2D eigenvalue weighted by Crippen LogP contribution is -2.41. The highest BCUT2D eigenvalue weighted by Crippen LogP contribution is 2.33. The second kappa shape index (κ2) is 4.83. The van der Waals surface area contributed by atoms with E-state index in [0.717, 1.165) is 19.3 Å². The van der Waals surface area contributed by atoms with Gasteiger partial charge in [0, 0.05) is 32.1 Å². The van der Waals surface area contributed by atoms with Crippen molar-refractivity contribution in [3.63, 3.8) is 0 Å². The second-order valence-corrected chi connectivity index (χ2v) is 5.64. The number of carbonyl (C=O) groups excluding carboxylic acids is 3. The molecule has 3 aliphatic rings. The van der Waals surface area contributed by atoms with Crippen molar-refractivity contribution in [3.05, 3.63) is 0 Å². The van der Waals surface area contributed by atoms with Crippen molar-refractivity contribution in [1.29, 1.82) is 0 Å². The van der Waals surface area contributed by atoms with Crippen LogP contribution in [0.25, 0.3) is 0 Å². The molecule has 0 aromatic rings. The minimum Gasteiger partial charge on any atom is -0.354 e. The molecule has 2 saturated heterocycles. The Hall–Kier alpha value is -1.59. The summed E-state index contributed by atoms with van der Waals surface area (Å²) in [5.41, 5.74) is 0. The Morgan fingerprint density at radius 1 is 1.26 bits per heavy atom. The molecule has 104 valence electrons. The van der Waals surface area contributed by atoms with Gasteiger partial charge in [-0.25, -0.2) is 0 Å². The lowest BCUT2D eigenvalue weighted by Gasteiger charge is -2.22. The van der Waals surface area contributed by atoms with Gasteiger partial charge in [0.2, 0.25) is 17.7 Å². The molecule has 1 N–H and O–H groups in total. The summed E-state index contributed by atoms with van der Waals surface area (Å²) in [6.07, 6.45) is 3.23. The van der Waals surface area contributed by atoms with E-state index >= 15 is 0 Å².